The van der Waals surface area contributed by atoms with Crippen LogP contribution < -0.4 is 10.1 Å². The van der Waals surface area contributed by atoms with Crippen LogP contribution in [0.4, 0.5) is 0 Å². The van der Waals surface area contributed by atoms with E-state index in [0.29, 0.717) is 19.8 Å². The van der Waals surface area contributed by atoms with Gasteiger partial charge in [-0.2, -0.15) is 0 Å². The highest BCUT2D eigenvalue weighted by molar-refractivity contribution is 9.11. The van der Waals surface area contributed by atoms with E-state index in [0.717, 1.165) is 20.3 Å². The van der Waals surface area contributed by atoms with Gasteiger partial charge in [0, 0.05) is 16.6 Å². The van der Waals surface area contributed by atoms with Gasteiger partial charge in [0.1, 0.15) is 5.75 Å². The van der Waals surface area contributed by atoms with Crippen molar-refractivity contribution < 1.29 is 14.3 Å². The molecule has 0 saturated heterocycles. The number of hydrogen-bond donors (Lipinski definition) is 1. The molecule has 0 aromatic heterocycles. The van der Waals surface area contributed by atoms with E-state index >= 15 is 0 Å². The van der Waals surface area contributed by atoms with Gasteiger partial charge in [0.15, 0.2) is 0 Å². The fourth-order valence-corrected chi connectivity index (χ4v) is 2.99. The summed E-state index contributed by atoms with van der Waals surface area (Å²) < 4.78 is 12.3. The standard InChI is InChI=1S/C13H17Br2NO3/c1-3-18-12(17)8-16-7-9-5-10(14)6-11(15)13(9)19-4-2/h5-6,16H,3-4,7-8H2,1-2H3. The molecule has 0 aliphatic heterocycles. The summed E-state index contributed by atoms with van der Waals surface area (Å²) in [5.41, 5.74) is 0.979. The Kier molecular flexibility index (Phi) is 7.41. The Morgan fingerprint density at radius 3 is 2.63 bits per heavy atom. The molecule has 1 rings (SSSR count). The van der Waals surface area contributed by atoms with Crippen LogP contribution in [0, 0.1) is 0 Å². The minimum atomic E-state index is -0.255. The summed E-state index contributed by atoms with van der Waals surface area (Å²) in [6.45, 7) is 5.43. The summed E-state index contributed by atoms with van der Waals surface area (Å²) in [6.07, 6.45) is 0. The average molecular weight is 395 g/mol. The topological polar surface area (TPSA) is 47.6 Å². The molecule has 0 aliphatic carbocycles. The van der Waals surface area contributed by atoms with Crippen LogP contribution in [0.2, 0.25) is 0 Å². The van der Waals surface area contributed by atoms with Gasteiger partial charge >= 0.3 is 5.97 Å². The van der Waals surface area contributed by atoms with Crippen LogP contribution in [0.25, 0.3) is 0 Å². The van der Waals surface area contributed by atoms with E-state index in [1.807, 2.05) is 19.1 Å². The fourth-order valence-electron chi connectivity index (χ4n) is 1.56. The van der Waals surface area contributed by atoms with Crippen molar-refractivity contribution in [3.63, 3.8) is 0 Å². The Bertz CT molecular complexity index is 438. The van der Waals surface area contributed by atoms with Crippen molar-refractivity contribution in [2.75, 3.05) is 19.8 Å². The second-order valence-electron chi connectivity index (χ2n) is 3.72. The highest BCUT2D eigenvalue weighted by Gasteiger charge is 2.10. The maximum atomic E-state index is 11.2. The van der Waals surface area contributed by atoms with Crippen molar-refractivity contribution in [3.8, 4) is 5.75 Å². The van der Waals surface area contributed by atoms with E-state index in [1.54, 1.807) is 6.92 Å². The van der Waals surface area contributed by atoms with Crippen LogP contribution in [0.1, 0.15) is 19.4 Å². The third-order valence-corrected chi connectivity index (χ3v) is 3.31. The molecule has 0 bridgehead atoms. The Morgan fingerprint density at radius 2 is 2.00 bits per heavy atom. The van der Waals surface area contributed by atoms with Crippen LogP contribution in [-0.4, -0.2) is 25.7 Å². The van der Waals surface area contributed by atoms with Crippen LogP contribution in [0.15, 0.2) is 21.1 Å². The molecule has 0 fully saturated rings. The summed E-state index contributed by atoms with van der Waals surface area (Å²) in [7, 11) is 0. The van der Waals surface area contributed by atoms with E-state index in [9.17, 15) is 4.79 Å². The Balaban J connectivity index is 2.68. The van der Waals surface area contributed by atoms with Crippen molar-refractivity contribution in [1.82, 2.24) is 5.32 Å². The Labute approximate surface area is 130 Å². The molecule has 4 nitrogen and oxygen atoms in total. The molecule has 1 aromatic carbocycles. The summed E-state index contributed by atoms with van der Waals surface area (Å²) >= 11 is 6.91. The molecule has 1 N–H and O–H groups in total. The Hall–Kier alpha value is -0.590. The lowest BCUT2D eigenvalue weighted by Gasteiger charge is -2.13. The third-order valence-electron chi connectivity index (χ3n) is 2.26. The quantitative estimate of drug-likeness (QED) is 0.721. The second-order valence-corrected chi connectivity index (χ2v) is 5.49. The molecule has 0 saturated carbocycles. The van der Waals surface area contributed by atoms with Crippen molar-refractivity contribution in [2.24, 2.45) is 0 Å². The number of halogens is 2. The zero-order valence-electron chi connectivity index (χ0n) is 11.0. The molecule has 1 aromatic rings. The largest absolute Gasteiger partial charge is 0.492 e. The lowest BCUT2D eigenvalue weighted by Crippen LogP contribution is -2.24. The van der Waals surface area contributed by atoms with Crippen molar-refractivity contribution in [1.29, 1.82) is 0 Å². The van der Waals surface area contributed by atoms with Crippen molar-refractivity contribution in [2.45, 2.75) is 20.4 Å². The first-order valence-electron chi connectivity index (χ1n) is 6.05. The third kappa shape index (κ3) is 5.50. The van der Waals surface area contributed by atoms with E-state index < -0.39 is 0 Å². The highest BCUT2D eigenvalue weighted by Crippen LogP contribution is 2.32. The number of nitrogens with one attached hydrogen (secondary N) is 1. The molecule has 0 radical (unpaired) electrons. The number of benzene rings is 1. The predicted octanol–water partition coefficient (Wildman–Crippen LogP) is 3.26. The summed E-state index contributed by atoms with van der Waals surface area (Å²) in [6, 6.07) is 3.90. The molecule has 0 spiro atoms. The van der Waals surface area contributed by atoms with Gasteiger partial charge < -0.3 is 14.8 Å². The number of esters is 1. The van der Waals surface area contributed by atoms with Gasteiger partial charge in [-0.05, 0) is 41.9 Å². The number of carbonyl (C=O) groups is 1. The minimum Gasteiger partial charge on any atom is -0.492 e. The molecule has 0 heterocycles. The predicted molar refractivity (Wildman–Crippen MR) is 81.4 cm³/mol. The minimum absolute atomic E-state index is 0.184. The second kappa shape index (κ2) is 8.55. The molecule has 0 unspecified atom stereocenters. The van der Waals surface area contributed by atoms with E-state index in [1.165, 1.54) is 0 Å². The first-order chi connectivity index (χ1) is 9.08. The summed E-state index contributed by atoms with van der Waals surface area (Å²) in [5, 5.41) is 3.04. The van der Waals surface area contributed by atoms with E-state index in [-0.39, 0.29) is 12.5 Å². The zero-order chi connectivity index (χ0) is 14.3. The number of hydrogen-bond acceptors (Lipinski definition) is 4. The molecule has 0 aliphatic rings. The highest BCUT2D eigenvalue weighted by atomic mass is 79.9. The summed E-state index contributed by atoms with van der Waals surface area (Å²) in [5.74, 6) is 0.539. The van der Waals surface area contributed by atoms with Crippen LogP contribution in [0.5, 0.6) is 5.75 Å². The molecular formula is C13H17Br2NO3. The van der Waals surface area contributed by atoms with Gasteiger partial charge in [-0.15, -0.1) is 0 Å². The molecular weight excluding hydrogens is 378 g/mol. The molecule has 106 valence electrons. The van der Waals surface area contributed by atoms with Crippen molar-refractivity contribution >= 4 is 37.8 Å². The maximum absolute atomic E-state index is 11.2. The number of ether oxygens (including phenoxy) is 2. The van der Waals surface area contributed by atoms with Gasteiger partial charge in [0.2, 0.25) is 0 Å². The SMILES string of the molecule is CCOC(=O)CNCc1cc(Br)cc(Br)c1OCC. The normalized spacial score (nSPS) is 10.3. The fraction of sp³-hybridized carbons (Fsp3) is 0.462. The van der Waals surface area contributed by atoms with Gasteiger partial charge in [0.05, 0.1) is 24.2 Å². The number of carbonyl (C=O) groups excluding carboxylic acids is 1. The molecule has 6 heteroatoms. The van der Waals surface area contributed by atoms with Crippen LogP contribution >= 0.6 is 31.9 Å². The lowest BCUT2D eigenvalue weighted by atomic mass is 10.2. The van der Waals surface area contributed by atoms with Crippen molar-refractivity contribution in [3.05, 3.63) is 26.6 Å². The van der Waals surface area contributed by atoms with Gasteiger partial charge in [-0.25, -0.2) is 0 Å². The number of rotatable bonds is 7. The summed E-state index contributed by atoms with van der Waals surface area (Å²) in [4.78, 5) is 11.2. The Morgan fingerprint density at radius 1 is 1.26 bits per heavy atom. The van der Waals surface area contributed by atoms with E-state index in [2.05, 4.69) is 37.2 Å². The van der Waals surface area contributed by atoms with Crippen LogP contribution in [-0.2, 0) is 16.1 Å². The molecule has 0 atom stereocenters. The maximum Gasteiger partial charge on any atom is 0.319 e. The first kappa shape index (κ1) is 16.5. The average Bonchev–Trinajstić information content (AvgIpc) is 2.33. The smallest absolute Gasteiger partial charge is 0.319 e. The van der Waals surface area contributed by atoms with Crippen LogP contribution in [0.3, 0.4) is 0 Å². The van der Waals surface area contributed by atoms with Gasteiger partial charge in [-0.3, -0.25) is 4.79 Å². The lowest BCUT2D eigenvalue weighted by molar-refractivity contribution is -0.142. The monoisotopic (exact) mass is 393 g/mol. The first-order valence-corrected chi connectivity index (χ1v) is 7.64. The van der Waals surface area contributed by atoms with E-state index in [4.69, 9.17) is 9.47 Å². The van der Waals surface area contributed by atoms with Gasteiger partial charge in [0.25, 0.3) is 0 Å². The van der Waals surface area contributed by atoms with Gasteiger partial charge in [-0.1, -0.05) is 15.9 Å². The molecule has 19 heavy (non-hydrogen) atoms. The molecule has 0 amide bonds. The zero-order valence-corrected chi connectivity index (χ0v) is 14.1.